The number of carbonyl (C=O) groups is 1. The van der Waals surface area contributed by atoms with Gasteiger partial charge in [-0.3, -0.25) is 0 Å². The van der Waals surface area contributed by atoms with Gasteiger partial charge in [0.15, 0.2) is 0 Å². The van der Waals surface area contributed by atoms with Crippen LogP contribution in [0.4, 0.5) is 4.39 Å². The van der Waals surface area contributed by atoms with Gasteiger partial charge >= 0.3 is 5.97 Å². The number of hydrogen-bond acceptors (Lipinski definition) is 2. The van der Waals surface area contributed by atoms with Gasteiger partial charge in [-0.25, -0.2) is 9.18 Å². The summed E-state index contributed by atoms with van der Waals surface area (Å²) in [6.45, 7) is 0.178. The van der Waals surface area contributed by atoms with Crippen LogP contribution in [0.3, 0.4) is 0 Å². The largest absolute Gasteiger partial charge is 0.488 e. The van der Waals surface area contributed by atoms with Gasteiger partial charge in [0.25, 0.3) is 0 Å². The van der Waals surface area contributed by atoms with Gasteiger partial charge in [-0.05, 0) is 17.7 Å². The number of carboxylic acid groups (broad SMARTS) is 1. The van der Waals surface area contributed by atoms with Crippen LogP contribution in [0.1, 0.15) is 15.9 Å². The second kappa shape index (κ2) is 5.84. The van der Waals surface area contributed by atoms with E-state index in [1.54, 1.807) is 0 Å². The molecule has 19 heavy (non-hydrogen) atoms. The van der Waals surface area contributed by atoms with E-state index in [-0.39, 0.29) is 12.4 Å². The van der Waals surface area contributed by atoms with E-state index in [4.69, 9.17) is 9.84 Å². The summed E-state index contributed by atoms with van der Waals surface area (Å²) in [7, 11) is 0. The molecule has 0 heterocycles. The van der Waals surface area contributed by atoms with Gasteiger partial charge in [0.05, 0.1) is 0 Å². The van der Waals surface area contributed by atoms with Gasteiger partial charge < -0.3 is 9.84 Å². The van der Waals surface area contributed by atoms with Crippen LogP contribution in [0, 0.1) is 5.82 Å². The summed E-state index contributed by atoms with van der Waals surface area (Å²) in [5, 5.41) is 9.00. The fourth-order valence-corrected chi connectivity index (χ4v) is 2.02. The van der Waals surface area contributed by atoms with E-state index in [2.05, 4.69) is 15.9 Å². The Morgan fingerprint density at radius 1 is 1.26 bits per heavy atom. The van der Waals surface area contributed by atoms with Crippen molar-refractivity contribution in [2.45, 2.75) is 6.61 Å². The first-order valence-electron chi connectivity index (χ1n) is 5.47. The third kappa shape index (κ3) is 3.32. The van der Waals surface area contributed by atoms with Crippen molar-refractivity contribution in [3.05, 3.63) is 63.9 Å². The van der Waals surface area contributed by atoms with Gasteiger partial charge in [-0.1, -0.05) is 46.3 Å². The van der Waals surface area contributed by atoms with E-state index in [9.17, 15) is 9.18 Å². The molecule has 0 amide bonds. The lowest BCUT2D eigenvalue weighted by Gasteiger charge is -2.10. The highest BCUT2D eigenvalue weighted by atomic mass is 79.9. The van der Waals surface area contributed by atoms with Gasteiger partial charge in [0, 0.05) is 4.47 Å². The van der Waals surface area contributed by atoms with Crippen LogP contribution in [-0.2, 0) is 6.61 Å². The van der Waals surface area contributed by atoms with Crippen molar-refractivity contribution in [3.8, 4) is 5.75 Å². The highest BCUT2D eigenvalue weighted by molar-refractivity contribution is 9.10. The molecule has 2 aromatic rings. The maximum Gasteiger partial charge on any atom is 0.342 e. The first-order valence-corrected chi connectivity index (χ1v) is 6.26. The Morgan fingerprint density at radius 2 is 1.95 bits per heavy atom. The molecule has 0 spiro atoms. The summed E-state index contributed by atoms with van der Waals surface area (Å²) < 4.78 is 19.4. The molecule has 0 atom stereocenters. The Labute approximate surface area is 117 Å². The average Bonchev–Trinajstić information content (AvgIpc) is 2.36. The zero-order chi connectivity index (χ0) is 13.8. The van der Waals surface area contributed by atoms with E-state index < -0.39 is 17.3 Å². The average molecular weight is 325 g/mol. The van der Waals surface area contributed by atoms with E-state index in [0.717, 1.165) is 11.6 Å². The first-order chi connectivity index (χ1) is 9.08. The van der Waals surface area contributed by atoms with E-state index >= 15 is 0 Å². The van der Waals surface area contributed by atoms with Crippen LogP contribution in [0.15, 0.2) is 46.9 Å². The standard InChI is InChI=1S/C14H10BrFO3/c15-10-6-11(16)13(14(17)18)12(7-10)19-8-9-4-2-1-3-5-9/h1-7H,8H2,(H,17,18). The summed E-state index contributed by atoms with van der Waals surface area (Å²) in [6, 6.07) is 11.8. The number of benzene rings is 2. The Hall–Kier alpha value is -1.88. The highest BCUT2D eigenvalue weighted by Gasteiger charge is 2.18. The SMILES string of the molecule is O=C(O)c1c(F)cc(Br)cc1OCc1ccccc1. The maximum absolute atomic E-state index is 13.6. The van der Waals surface area contributed by atoms with Gasteiger partial charge in [0.1, 0.15) is 23.7 Å². The van der Waals surface area contributed by atoms with Gasteiger partial charge in [0.2, 0.25) is 0 Å². The maximum atomic E-state index is 13.6. The van der Waals surface area contributed by atoms with E-state index in [1.807, 2.05) is 30.3 Å². The summed E-state index contributed by atoms with van der Waals surface area (Å²) in [5.41, 5.74) is 0.415. The predicted molar refractivity (Wildman–Crippen MR) is 71.8 cm³/mol. The molecule has 3 nitrogen and oxygen atoms in total. The molecule has 0 bridgehead atoms. The van der Waals surface area contributed by atoms with Crippen molar-refractivity contribution >= 4 is 21.9 Å². The molecule has 1 N–H and O–H groups in total. The molecule has 0 aliphatic heterocycles. The minimum absolute atomic E-state index is 0.00299. The molecule has 5 heteroatoms. The normalized spacial score (nSPS) is 10.2. The minimum Gasteiger partial charge on any atom is -0.488 e. The monoisotopic (exact) mass is 324 g/mol. The fraction of sp³-hybridized carbons (Fsp3) is 0.0714. The van der Waals surface area contributed by atoms with E-state index in [0.29, 0.717) is 4.47 Å². The van der Waals surface area contributed by atoms with Crippen molar-refractivity contribution in [1.82, 2.24) is 0 Å². The number of hydrogen-bond donors (Lipinski definition) is 1. The van der Waals surface area contributed by atoms with Crippen molar-refractivity contribution < 1.29 is 19.0 Å². The molecule has 2 rings (SSSR count). The molecule has 2 aromatic carbocycles. The zero-order valence-electron chi connectivity index (χ0n) is 9.77. The topological polar surface area (TPSA) is 46.5 Å². The minimum atomic E-state index is -1.35. The van der Waals surface area contributed by atoms with Crippen molar-refractivity contribution in [1.29, 1.82) is 0 Å². The Kier molecular flexibility index (Phi) is 4.16. The molecule has 0 saturated heterocycles. The van der Waals surface area contributed by atoms with Crippen LogP contribution in [0.25, 0.3) is 0 Å². The number of carboxylic acids is 1. The van der Waals surface area contributed by atoms with Gasteiger partial charge in [-0.15, -0.1) is 0 Å². The molecular weight excluding hydrogens is 315 g/mol. The smallest absolute Gasteiger partial charge is 0.342 e. The van der Waals surface area contributed by atoms with Crippen LogP contribution in [0.5, 0.6) is 5.75 Å². The summed E-state index contributed by atoms with van der Waals surface area (Å²) in [5.74, 6) is -2.18. The summed E-state index contributed by atoms with van der Waals surface area (Å²) in [6.07, 6.45) is 0. The molecule has 0 aliphatic rings. The second-order valence-corrected chi connectivity index (χ2v) is 4.76. The van der Waals surface area contributed by atoms with Crippen LogP contribution < -0.4 is 4.74 Å². The Bertz CT molecular complexity index is 599. The zero-order valence-corrected chi connectivity index (χ0v) is 11.4. The quantitative estimate of drug-likeness (QED) is 0.928. The van der Waals surface area contributed by atoms with Crippen LogP contribution >= 0.6 is 15.9 Å². The van der Waals surface area contributed by atoms with Crippen LogP contribution in [0.2, 0.25) is 0 Å². The van der Waals surface area contributed by atoms with Gasteiger partial charge in [-0.2, -0.15) is 0 Å². The Balaban J connectivity index is 2.27. The predicted octanol–water partition coefficient (Wildman–Crippen LogP) is 3.87. The molecule has 0 fully saturated rings. The molecule has 0 saturated carbocycles. The summed E-state index contributed by atoms with van der Waals surface area (Å²) in [4.78, 5) is 11.0. The number of halogens is 2. The molecular formula is C14H10BrFO3. The first kappa shape index (κ1) is 13.5. The molecule has 0 unspecified atom stereocenters. The summed E-state index contributed by atoms with van der Waals surface area (Å²) >= 11 is 3.11. The number of aromatic carboxylic acids is 1. The number of rotatable bonds is 4. The highest BCUT2D eigenvalue weighted by Crippen LogP contribution is 2.27. The lowest BCUT2D eigenvalue weighted by atomic mass is 10.2. The van der Waals surface area contributed by atoms with Crippen molar-refractivity contribution in [2.24, 2.45) is 0 Å². The molecule has 0 aliphatic carbocycles. The van der Waals surface area contributed by atoms with Crippen LogP contribution in [-0.4, -0.2) is 11.1 Å². The van der Waals surface area contributed by atoms with Crippen molar-refractivity contribution in [3.63, 3.8) is 0 Å². The molecule has 0 aromatic heterocycles. The lowest BCUT2D eigenvalue weighted by Crippen LogP contribution is -2.06. The fourth-order valence-electron chi connectivity index (χ4n) is 1.61. The van der Waals surface area contributed by atoms with Crippen molar-refractivity contribution in [2.75, 3.05) is 0 Å². The lowest BCUT2D eigenvalue weighted by molar-refractivity contribution is 0.0686. The van der Waals surface area contributed by atoms with E-state index in [1.165, 1.54) is 6.07 Å². The second-order valence-electron chi connectivity index (χ2n) is 3.84. The Morgan fingerprint density at radius 3 is 2.58 bits per heavy atom. The molecule has 98 valence electrons. The third-order valence-corrected chi connectivity index (χ3v) is 2.93. The third-order valence-electron chi connectivity index (χ3n) is 2.47. The number of ether oxygens (including phenoxy) is 1. The molecule has 0 radical (unpaired) electrons.